The van der Waals surface area contributed by atoms with Crippen LogP contribution in [0.4, 0.5) is 4.79 Å². The van der Waals surface area contributed by atoms with Crippen molar-refractivity contribution in [3.63, 3.8) is 0 Å². The van der Waals surface area contributed by atoms with Gasteiger partial charge in [-0.25, -0.2) is 9.59 Å². The number of rotatable bonds is 1. The van der Waals surface area contributed by atoms with E-state index in [0.717, 1.165) is 31.7 Å². The van der Waals surface area contributed by atoms with Gasteiger partial charge in [-0.15, -0.1) is 0 Å². The molecule has 0 radical (unpaired) electrons. The molecule has 0 aromatic rings. The van der Waals surface area contributed by atoms with Gasteiger partial charge in [0.15, 0.2) is 0 Å². The molecule has 0 saturated carbocycles. The van der Waals surface area contributed by atoms with Crippen LogP contribution in [0.25, 0.3) is 0 Å². The van der Waals surface area contributed by atoms with Crippen molar-refractivity contribution in [1.82, 2.24) is 9.80 Å². The molecular formula is C13H22N2O3S. The molecule has 6 heteroatoms. The summed E-state index contributed by atoms with van der Waals surface area (Å²) in [6, 6.07) is -0.100. The monoisotopic (exact) mass is 286 g/mol. The van der Waals surface area contributed by atoms with Crippen molar-refractivity contribution >= 4 is 23.8 Å². The van der Waals surface area contributed by atoms with Crippen LogP contribution < -0.4 is 0 Å². The van der Waals surface area contributed by atoms with E-state index >= 15 is 0 Å². The van der Waals surface area contributed by atoms with E-state index in [9.17, 15) is 14.7 Å². The predicted molar refractivity (Wildman–Crippen MR) is 75.5 cm³/mol. The summed E-state index contributed by atoms with van der Waals surface area (Å²) in [7, 11) is 0. The first-order chi connectivity index (χ1) is 8.95. The Balaban J connectivity index is 2.13. The number of amides is 2. The van der Waals surface area contributed by atoms with E-state index < -0.39 is 11.5 Å². The number of piperidine rings is 1. The Labute approximate surface area is 118 Å². The normalized spacial score (nSPS) is 32.2. The molecule has 0 bridgehead atoms. The highest BCUT2D eigenvalue weighted by molar-refractivity contribution is 7.99. The fraction of sp³-hybridized carbons (Fsp3) is 0.846. The predicted octanol–water partition coefficient (Wildman–Crippen LogP) is 1.87. The number of hydrogen-bond acceptors (Lipinski definition) is 3. The van der Waals surface area contributed by atoms with Crippen LogP contribution in [0.2, 0.25) is 0 Å². The van der Waals surface area contributed by atoms with E-state index in [1.165, 1.54) is 0 Å². The molecule has 2 saturated heterocycles. The van der Waals surface area contributed by atoms with E-state index in [-0.39, 0.29) is 6.03 Å². The molecule has 108 valence electrons. The van der Waals surface area contributed by atoms with Gasteiger partial charge >= 0.3 is 12.0 Å². The summed E-state index contributed by atoms with van der Waals surface area (Å²) in [5.74, 6) is 0.0461. The van der Waals surface area contributed by atoms with Crippen molar-refractivity contribution in [1.29, 1.82) is 0 Å². The average molecular weight is 286 g/mol. The minimum Gasteiger partial charge on any atom is -0.480 e. The molecule has 1 N–H and O–H groups in total. The van der Waals surface area contributed by atoms with Gasteiger partial charge in [-0.2, -0.15) is 11.8 Å². The maximum Gasteiger partial charge on any atom is 0.329 e. The van der Waals surface area contributed by atoms with Crippen LogP contribution in [0.15, 0.2) is 0 Å². The Morgan fingerprint density at radius 3 is 2.68 bits per heavy atom. The van der Waals surface area contributed by atoms with Gasteiger partial charge in [-0.05, 0) is 26.2 Å². The Hall–Kier alpha value is -0.910. The molecule has 5 nitrogen and oxygen atoms in total. The first-order valence-corrected chi connectivity index (χ1v) is 7.91. The van der Waals surface area contributed by atoms with Crippen LogP contribution in [0.1, 0.15) is 33.1 Å². The van der Waals surface area contributed by atoms with E-state index in [2.05, 4.69) is 6.92 Å². The van der Waals surface area contributed by atoms with Gasteiger partial charge < -0.3 is 14.9 Å². The number of aliphatic carboxylic acids is 1. The summed E-state index contributed by atoms with van der Waals surface area (Å²) in [5, 5.41) is 9.88. The Bertz CT molecular complexity index is 377. The summed E-state index contributed by atoms with van der Waals surface area (Å²) in [5.41, 5.74) is -1.04. The smallest absolute Gasteiger partial charge is 0.329 e. The molecule has 0 aromatic carbocycles. The van der Waals surface area contributed by atoms with Crippen molar-refractivity contribution in [2.75, 3.05) is 25.4 Å². The maximum atomic E-state index is 12.6. The van der Waals surface area contributed by atoms with Gasteiger partial charge in [-0.1, -0.05) is 6.92 Å². The van der Waals surface area contributed by atoms with Crippen LogP contribution in [0.5, 0.6) is 0 Å². The lowest BCUT2D eigenvalue weighted by molar-refractivity contribution is -0.150. The van der Waals surface area contributed by atoms with E-state index in [4.69, 9.17) is 0 Å². The van der Waals surface area contributed by atoms with Crippen molar-refractivity contribution in [2.45, 2.75) is 43.9 Å². The second kappa shape index (κ2) is 5.61. The zero-order valence-electron chi connectivity index (χ0n) is 11.6. The first kappa shape index (κ1) is 14.5. The summed E-state index contributed by atoms with van der Waals surface area (Å²) < 4.78 is 0. The summed E-state index contributed by atoms with van der Waals surface area (Å²) in [4.78, 5) is 27.5. The minimum absolute atomic E-state index is 0.100. The highest BCUT2D eigenvalue weighted by Crippen LogP contribution is 2.30. The number of thioether (sulfide) groups is 1. The number of likely N-dealkylation sites (tertiary alicyclic amines) is 1. The first-order valence-electron chi connectivity index (χ1n) is 6.86. The molecule has 2 unspecified atom stereocenters. The van der Waals surface area contributed by atoms with Gasteiger partial charge in [0.2, 0.25) is 0 Å². The van der Waals surface area contributed by atoms with Gasteiger partial charge in [0, 0.05) is 30.6 Å². The number of hydrogen-bond donors (Lipinski definition) is 1. The maximum absolute atomic E-state index is 12.6. The van der Waals surface area contributed by atoms with Gasteiger partial charge in [0.05, 0.1) is 0 Å². The second-order valence-corrected chi connectivity index (χ2v) is 7.14. The standard InChI is InChI=1S/C13H22N2O3S/c1-10-9-14(7-8-19-10)12(18)15-6-4-3-5-13(15,2)11(16)17/h10H,3-9H2,1-2H3,(H,16,17). The lowest BCUT2D eigenvalue weighted by Gasteiger charge is -2.45. The highest BCUT2D eigenvalue weighted by Gasteiger charge is 2.45. The summed E-state index contributed by atoms with van der Waals surface area (Å²) in [6.45, 7) is 5.78. The fourth-order valence-corrected chi connectivity index (χ4v) is 3.83. The largest absolute Gasteiger partial charge is 0.480 e. The average Bonchev–Trinajstić information content (AvgIpc) is 2.38. The van der Waals surface area contributed by atoms with Gasteiger partial charge in [0.25, 0.3) is 0 Å². The van der Waals surface area contributed by atoms with Crippen LogP contribution in [0, 0.1) is 0 Å². The molecule has 2 aliphatic rings. The molecule has 0 aromatic heterocycles. The van der Waals surface area contributed by atoms with Crippen molar-refractivity contribution in [3.05, 3.63) is 0 Å². The van der Waals surface area contributed by atoms with E-state index in [1.807, 2.05) is 16.7 Å². The van der Waals surface area contributed by atoms with Crippen LogP contribution in [-0.2, 0) is 4.79 Å². The third-order valence-corrected chi connectivity index (χ3v) is 5.23. The molecule has 2 amide bonds. The van der Waals surface area contributed by atoms with Crippen molar-refractivity contribution in [3.8, 4) is 0 Å². The van der Waals surface area contributed by atoms with Crippen molar-refractivity contribution in [2.24, 2.45) is 0 Å². The molecule has 2 atom stereocenters. The quantitative estimate of drug-likeness (QED) is 0.799. The topological polar surface area (TPSA) is 60.9 Å². The van der Waals surface area contributed by atoms with E-state index in [1.54, 1.807) is 11.8 Å². The minimum atomic E-state index is -1.04. The Kier molecular flexibility index (Phi) is 4.28. The van der Waals surface area contributed by atoms with Crippen molar-refractivity contribution < 1.29 is 14.7 Å². The molecule has 2 fully saturated rings. The van der Waals surface area contributed by atoms with Gasteiger partial charge in [0.1, 0.15) is 5.54 Å². The Morgan fingerprint density at radius 1 is 1.32 bits per heavy atom. The van der Waals surface area contributed by atoms with Crippen LogP contribution in [0.3, 0.4) is 0 Å². The highest BCUT2D eigenvalue weighted by atomic mass is 32.2. The molecule has 2 aliphatic heterocycles. The number of urea groups is 1. The zero-order valence-corrected chi connectivity index (χ0v) is 12.4. The SMILES string of the molecule is CC1CN(C(=O)N2CCCCC2(C)C(=O)O)CCS1. The molecular weight excluding hydrogens is 264 g/mol. The fourth-order valence-electron chi connectivity index (χ4n) is 2.81. The number of carboxylic acid groups (broad SMARTS) is 1. The second-order valence-electron chi connectivity index (χ2n) is 5.60. The molecule has 0 aliphatic carbocycles. The lowest BCUT2D eigenvalue weighted by atomic mass is 9.89. The van der Waals surface area contributed by atoms with Crippen LogP contribution in [-0.4, -0.2) is 63.1 Å². The number of carboxylic acids is 1. The van der Waals surface area contributed by atoms with E-state index in [0.29, 0.717) is 18.2 Å². The van der Waals surface area contributed by atoms with Crippen LogP contribution >= 0.6 is 11.8 Å². The molecule has 2 rings (SSSR count). The molecule has 0 spiro atoms. The molecule has 19 heavy (non-hydrogen) atoms. The third-order valence-electron chi connectivity index (χ3n) is 4.09. The summed E-state index contributed by atoms with van der Waals surface area (Å²) >= 11 is 1.86. The lowest BCUT2D eigenvalue weighted by Crippen LogP contribution is -2.61. The number of carbonyl (C=O) groups is 2. The third kappa shape index (κ3) is 2.83. The zero-order chi connectivity index (χ0) is 14.0. The molecule has 2 heterocycles. The number of nitrogens with zero attached hydrogens (tertiary/aromatic N) is 2. The van der Waals surface area contributed by atoms with Gasteiger partial charge in [-0.3, -0.25) is 0 Å². The number of carbonyl (C=O) groups excluding carboxylic acids is 1. The Morgan fingerprint density at radius 2 is 2.05 bits per heavy atom. The summed E-state index contributed by atoms with van der Waals surface area (Å²) in [6.07, 6.45) is 2.32.